The average Bonchev–Trinajstić information content (AvgIpc) is 2.67. The normalized spacial score (nSPS) is 17.0. The molecule has 0 radical (unpaired) electrons. The highest BCUT2D eigenvalue weighted by atomic mass is 16.5. The van der Waals surface area contributed by atoms with Gasteiger partial charge in [0.25, 0.3) is 0 Å². The first-order valence-corrected chi connectivity index (χ1v) is 10.2. The molecule has 2 rings (SSSR count). The Labute approximate surface area is 171 Å². The molecule has 0 aromatic carbocycles. The van der Waals surface area contributed by atoms with E-state index in [1.807, 2.05) is 0 Å². The maximum Gasteiger partial charge on any atom is 0.306 e. The minimum atomic E-state index is -1.08. The van der Waals surface area contributed by atoms with Crippen molar-refractivity contribution in [1.82, 2.24) is 0 Å². The van der Waals surface area contributed by atoms with E-state index < -0.39 is 17.9 Å². The zero-order valence-corrected chi connectivity index (χ0v) is 16.9. The van der Waals surface area contributed by atoms with Crippen LogP contribution in [0, 0.1) is 0 Å². The number of hydrogen-bond donors (Lipinski definition) is 4. The summed E-state index contributed by atoms with van der Waals surface area (Å²) in [6, 6.07) is 0. The van der Waals surface area contributed by atoms with Gasteiger partial charge < -0.3 is 25.2 Å². The van der Waals surface area contributed by atoms with Crippen molar-refractivity contribution in [2.75, 3.05) is 0 Å². The number of carbonyl (C=O) groups excluding carboxylic acids is 1. The minimum absolute atomic E-state index is 0.00810. The van der Waals surface area contributed by atoms with Crippen molar-refractivity contribution in [3.8, 4) is 0 Å². The van der Waals surface area contributed by atoms with Gasteiger partial charge in [-0.05, 0) is 38.5 Å². The summed E-state index contributed by atoms with van der Waals surface area (Å²) >= 11 is 0. The number of carboxylic acid groups (broad SMARTS) is 3. The molecule has 0 aliphatic heterocycles. The van der Waals surface area contributed by atoms with Crippen molar-refractivity contribution in [3.63, 3.8) is 0 Å². The van der Waals surface area contributed by atoms with Crippen molar-refractivity contribution in [3.05, 3.63) is 0 Å². The molecule has 0 heterocycles. The first-order valence-electron chi connectivity index (χ1n) is 10.2. The second-order valence-electron chi connectivity index (χ2n) is 7.22. The smallest absolute Gasteiger partial charge is 0.306 e. The van der Waals surface area contributed by atoms with E-state index >= 15 is 0 Å². The molecule has 0 aromatic rings. The maximum atomic E-state index is 11.1. The summed E-state index contributed by atoms with van der Waals surface area (Å²) in [4.78, 5) is 40.6. The van der Waals surface area contributed by atoms with Gasteiger partial charge in [0.1, 0.15) is 6.10 Å². The minimum Gasteiger partial charge on any atom is -0.481 e. The maximum absolute atomic E-state index is 11.1. The Morgan fingerprint density at radius 1 is 0.621 bits per heavy atom. The van der Waals surface area contributed by atoms with E-state index in [9.17, 15) is 19.2 Å². The standard InChI is InChI=1S/C10H16O4.C6H12O.C4H6O4/c11-9(12)6-7-10(13)14-8-4-2-1-3-5-8;7-6-4-2-1-3-5-6;5-3(6)1-2-4(7)8/h8H,1-7H2,(H,11,12);6-7H,1-5H2;1-2H2,(H,5,6)(H,7,8). The average molecular weight is 418 g/mol. The van der Waals surface area contributed by atoms with Crippen molar-refractivity contribution >= 4 is 23.9 Å². The predicted octanol–water partition coefficient (Wildman–Crippen LogP) is 2.97. The number of esters is 1. The molecule has 4 N–H and O–H groups in total. The van der Waals surface area contributed by atoms with Crippen LogP contribution >= 0.6 is 0 Å². The first-order chi connectivity index (χ1) is 13.7. The number of aliphatic carboxylic acids is 3. The zero-order chi connectivity index (χ0) is 22.1. The molecule has 0 unspecified atom stereocenters. The zero-order valence-electron chi connectivity index (χ0n) is 16.9. The first kappa shape index (κ1) is 26.8. The molecule has 168 valence electrons. The van der Waals surface area contributed by atoms with Crippen LogP contribution in [0.25, 0.3) is 0 Å². The van der Waals surface area contributed by atoms with E-state index in [2.05, 4.69) is 0 Å². The van der Waals surface area contributed by atoms with Gasteiger partial charge in [0.15, 0.2) is 0 Å². The third kappa shape index (κ3) is 18.9. The Hall–Kier alpha value is -2.16. The molecule has 2 aliphatic rings. The van der Waals surface area contributed by atoms with E-state index in [0.29, 0.717) is 0 Å². The van der Waals surface area contributed by atoms with Crippen LogP contribution in [0.3, 0.4) is 0 Å². The van der Waals surface area contributed by atoms with Gasteiger partial charge in [0.05, 0.1) is 31.8 Å². The fourth-order valence-corrected chi connectivity index (χ4v) is 2.93. The molecule has 0 aromatic heterocycles. The molecule has 29 heavy (non-hydrogen) atoms. The van der Waals surface area contributed by atoms with Gasteiger partial charge in [-0.25, -0.2) is 0 Å². The third-order valence-corrected chi connectivity index (χ3v) is 4.52. The highest BCUT2D eigenvalue weighted by Gasteiger charge is 2.17. The number of aliphatic hydroxyl groups is 1. The van der Waals surface area contributed by atoms with Crippen LogP contribution in [0.2, 0.25) is 0 Å². The van der Waals surface area contributed by atoms with Crippen molar-refractivity contribution in [1.29, 1.82) is 0 Å². The van der Waals surface area contributed by atoms with Crippen molar-refractivity contribution < 1.29 is 44.3 Å². The number of carbonyl (C=O) groups is 4. The number of hydrogen-bond acceptors (Lipinski definition) is 6. The molecule has 2 saturated carbocycles. The molecular formula is C20H34O9. The van der Waals surface area contributed by atoms with Gasteiger partial charge in [-0.1, -0.05) is 25.7 Å². The van der Waals surface area contributed by atoms with Crippen LogP contribution in [0.1, 0.15) is 89.9 Å². The van der Waals surface area contributed by atoms with Crippen LogP contribution in [0.5, 0.6) is 0 Å². The number of aliphatic hydroxyl groups excluding tert-OH is 1. The molecule has 0 saturated heterocycles. The topological polar surface area (TPSA) is 158 Å². The lowest BCUT2D eigenvalue weighted by Gasteiger charge is -2.21. The lowest BCUT2D eigenvalue weighted by molar-refractivity contribution is -0.153. The fourth-order valence-electron chi connectivity index (χ4n) is 2.93. The Balaban J connectivity index is 0.000000444. The highest BCUT2D eigenvalue weighted by Crippen LogP contribution is 2.20. The quantitative estimate of drug-likeness (QED) is 0.456. The van der Waals surface area contributed by atoms with Gasteiger partial charge in [0.2, 0.25) is 0 Å². The van der Waals surface area contributed by atoms with Gasteiger partial charge in [-0.3, -0.25) is 19.2 Å². The van der Waals surface area contributed by atoms with Gasteiger partial charge in [0, 0.05) is 0 Å². The summed E-state index contributed by atoms with van der Waals surface area (Å²) in [7, 11) is 0. The monoisotopic (exact) mass is 418 g/mol. The Morgan fingerprint density at radius 3 is 1.34 bits per heavy atom. The fraction of sp³-hybridized carbons (Fsp3) is 0.800. The van der Waals surface area contributed by atoms with E-state index in [-0.39, 0.29) is 43.9 Å². The van der Waals surface area contributed by atoms with E-state index in [1.165, 1.54) is 25.7 Å². The van der Waals surface area contributed by atoms with Crippen molar-refractivity contribution in [2.45, 2.75) is 102 Å². The van der Waals surface area contributed by atoms with Gasteiger partial charge >= 0.3 is 23.9 Å². The van der Waals surface area contributed by atoms with Crippen LogP contribution in [0.4, 0.5) is 0 Å². The Morgan fingerprint density at radius 2 is 1.00 bits per heavy atom. The lowest BCUT2D eigenvalue weighted by Crippen LogP contribution is -2.21. The Bertz CT molecular complexity index is 478. The molecule has 2 fully saturated rings. The molecule has 9 nitrogen and oxygen atoms in total. The summed E-state index contributed by atoms with van der Waals surface area (Å²) in [5.41, 5.74) is 0. The molecule has 0 bridgehead atoms. The van der Waals surface area contributed by atoms with Crippen LogP contribution in [-0.2, 0) is 23.9 Å². The Kier molecular flexibility index (Phi) is 15.5. The summed E-state index contributed by atoms with van der Waals surface area (Å²) < 4.78 is 5.14. The molecule has 2 aliphatic carbocycles. The van der Waals surface area contributed by atoms with Gasteiger partial charge in [-0.2, -0.15) is 0 Å². The summed E-state index contributed by atoms with van der Waals surface area (Å²) in [5, 5.41) is 33.1. The molecule has 0 amide bonds. The number of ether oxygens (including phenoxy) is 1. The second kappa shape index (κ2) is 16.8. The molecule has 0 spiro atoms. The largest absolute Gasteiger partial charge is 0.481 e. The number of carboxylic acids is 3. The summed E-state index contributed by atoms with van der Waals surface area (Å²) in [5.74, 6) is -3.48. The van der Waals surface area contributed by atoms with Crippen molar-refractivity contribution in [2.24, 2.45) is 0 Å². The van der Waals surface area contributed by atoms with E-state index in [0.717, 1.165) is 38.5 Å². The summed E-state index contributed by atoms with van der Waals surface area (Å²) in [6.07, 6.45) is 10.5. The van der Waals surface area contributed by atoms with Crippen LogP contribution in [-0.4, -0.2) is 56.5 Å². The van der Waals surface area contributed by atoms with E-state index in [1.54, 1.807) is 0 Å². The molecular weight excluding hydrogens is 384 g/mol. The molecule has 0 atom stereocenters. The second-order valence-corrected chi connectivity index (χ2v) is 7.22. The van der Waals surface area contributed by atoms with Crippen LogP contribution in [0.15, 0.2) is 0 Å². The predicted molar refractivity (Wildman–Crippen MR) is 103 cm³/mol. The summed E-state index contributed by atoms with van der Waals surface area (Å²) in [6.45, 7) is 0. The van der Waals surface area contributed by atoms with Gasteiger partial charge in [-0.15, -0.1) is 0 Å². The molecule has 9 heteroatoms. The third-order valence-electron chi connectivity index (χ3n) is 4.52. The SMILES string of the molecule is O=C(O)CCC(=O)O.O=C(O)CCC(=O)OC1CCCCC1.OC1CCCCC1. The lowest BCUT2D eigenvalue weighted by atomic mass is 9.98. The van der Waals surface area contributed by atoms with E-state index in [4.69, 9.17) is 25.2 Å². The van der Waals surface area contributed by atoms with Crippen LogP contribution < -0.4 is 0 Å². The number of rotatable bonds is 7. The highest BCUT2D eigenvalue weighted by molar-refractivity contribution is 5.76.